The van der Waals surface area contributed by atoms with E-state index in [0.29, 0.717) is 37.7 Å². The lowest BCUT2D eigenvalue weighted by atomic mass is 10.1. The molecule has 0 aliphatic heterocycles. The lowest BCUT2D eigenvalue weighted by molar-refractivity contribution is -0.121. The summed E-state index contributed by atoms with van der Waals surface area (Å²) < 4.78 is 10.7. The molecule has 6 nitrogen and oxygen atoms in total. The minimum absolute atomic E-state index is 0.0183. The van der Waals surface area contributed by atoms with E-state index < -0.39 is 0 Å². The van der Waals surface area contributed by atoms with Gasteiger partial charge in [-0.2, -0.15) is 4.98 Å². The Kier molecular flexibility index (Phi) is 6.93. The van der Waals surface area contributed by atoms with Crippen molar-refractivity contribution in [3.8, 4) is 11.4 Å². The van der Waals surface area contributed by atoms with Crippen LogP contribution in [-0.4, -0.2) is 35.3 Å². The first kappa shape index (κ1) is 18.1. The summed E-state index contributed by atoms with van der Waals surface area (Å²) in [5.41, 5.74) is 2.04. The van der Waals surface area contributed by atoms with Gasteiger partial charge in [-0.25, -0.2) is 0 Å². The van der Waals surface area contributed by atoms with Gasteiger partial charge < -0.3 is 14.6 Å². The molecule has 1 aromatic heterocycles. The van der Waals surface area contributed by atoms with Crippen LogP contribution in [-0.2, 0) is 16.0 Å². The summed E-state index contributed by atoms with van der Waals surface area (Å²) >= 11 is 0. The van der Waals surface area contributed by atoms with E-state index in [2.05, 4.69) is 15.5 Å². The smallest absolute Gasteiger partial charge is 0.227 e. The fourth-order valence-corrected chi connectivity index (χ4v) is 2.22. The molecule has 1 heterocycles. The molecule has 0 aliphatic rings. The molecule has 0 unspecified atom stereocenters. The third-order valence-corrected chi connectivity index (χ3v) is 3.51. The summed E-state index contributed by atoms with van der Waals surface area (Å²) in [6.07, 6.45) is 1.80. The zero-order valence-corrected chi connectivity index (χ0v) is 14.5. The van der Waals surface area contributed by atoms with Gasteiger partial charge in [0.1, 0.15) is 0 Å². The number of aromatic nitrogens is 2. The number of amides is 1. The Morgan fingerprint density at radius 3 is 2.88 bits per heavy atom. The Bertz CT molecular complexity index is 652. The molecule has 0 bridgehead atoms. The largest absolute Gasteiger partial charge is 0.379 e. The summed E-state index contributed by atoms with van der Waals surface area (Å²) in [6, 6.07) is 7.86. The Morgan fingerprint density at radius 2 is 2.12 bits per heavy atom. The molecule has 0 spiro atoms. The molecule has 0 atom stereocenters. The van der Waals surface area contributed by atoms with Gasteiger partial charge in [0.2, 0.25) is 17.6 Å². The van der Waals surface area contributed by atoms with Gasteiger partial charge in [-0.1, -0.05) is 29.4 Å². The van der Waals surface area contributed by atoms with Gasteiger partial charge in [0.15, 0.2) is 0 Å². The van der Waals surface area contributed by atoms with Crippen molar-refractivity contribution >= 4 is 5.91 Å². The first-order chi connectivity index (χ1) is 11.6. The predicted molar refractivity (Wildman–Crippen MR) is 91.5 cm³/mol. The van der Waals surface area contributed by atoms with Gasteiger partial charge in [0, 0.05) is 31.6 Å². The molecule has 24 heavy (non-hydrogen) atoms. The molecule has 130 valence electrons. The molecule has 0 fully saturated rings. The van der Waals surface area contributed by atoms with Crippen molar-refractivity contribution in [1.82, 2.24) is 15.5 Å². The van der Waals surface area contributed by atoms with E-state index in [1.807, 2.05) is 45.0 Å². The second kappa shape index (κ2) is 9.17. The number of carbonyl (C=O) groups excluding carboxylic acids is 1. The van der Waals surface area contributed by atoms with Gasteiger partial charge >= 0.3 is 0 Å². The highest BCUT2D eigenvalue weighted by molar-refractivity contribution is 5.76. The maximum Gasteiger partial charge on any atom is 0.227 e. The summed E-state index contributed by atoms with van der Waals surface area (Å²) in [5, 5.41) is 6.86. The highest BCUT2D eigenvalue weighted by Gasteiger charge is 2.11. The maximum atomic E-state index is 11.8. The maximum absolute atomic E-state index is 11.8. The molecule has 0 aliphatic carbocycles. The van der Waals surface area contributed by atoms with Crippen molar-refractivity contribution in [2.24, 2.45) is 0 Å². The summed E-state index contributed by atoms with van der Waals surface area (Å²) in [7, 11) is 0. The van der Waals surface area contributed by atoms with E-state index in [4.69, 9.17) is 9.26 Å². The molecule has 2 rings (SSSR count). The number of aryl methyl sites for hydroxylation is 2. The van der Waals surface area contributed by atoms with E-state index in [0.717, 1.165) is 17.5 Å². The van der Waals surface area contributed by atoms with E-state index in [1.165, 1.54) is 0 Å². The first-order valence-corrected chi connectivity index (χ1v) is 8.33. The number of hydrogen-bond acceptors (Lipinski definition) is 5. The van der Waals surface area contributed by atoms with Crippen LogP contribution in [0.15, 0.2) is 28.8 Å². The lowest BCUT2D eigenvalue weighted by Gasteiger charge is -2.07. The molecule has 1 amide bonds. The van der Waals surface area contributed by atoms with Crippen molar-refractivity contribution < 1.29 is 14.1 Å². The van der Waals surface area contributed by atoms with Crippen LogP contribution < -0.4 is 5.32 Å². The summed E-state index contributed by atoms with van der Waals surface area (Å²) in [5.74, 6) is 1.02. The van der Waals surface area contributed by atoms with Crippen molar-refractivity contribution in [1.29, 1.82) is 0 Å². The highest BCUT2D eigenvalue weighted by Crippen LogP contribution is 2.20. The molecule has 6 heteroatoms. The van der Waals surface area contributed by atoms with Crippen LogP contribution in [0.1, 0.15) is 38.1 Å². The zero-order chi connectivity index (χ0) is 17.4. The van der Waals surface area contributed by atoms with E-state index in [1.54, 1.807) is 0 Å². The Morgan fingerprint density at radius 1 is 1.33 bits per heavy atom. The molecule has 2 aromatic rings. The number of nitrogens with zero attached hydrogens (tertiary/aromatic N) is 2. The van der Waals surface area contributed by atoms with E-state index in [-0.39, 0.29) is 12.0 Å². The van der Waals surface area contributed by atoms with Gasteiger partial charge in [0.25, 0.3) is 0 Å². The molecular weight excluding hydrogens is 306 g/mol. The number of benzene rings is 1. The number of rotatable bonds is 9. The number of ether oxygens (including phenoxy) is 1. The molecule has 0 saturated heterocycles. The second-order valence-corrected chi connectivity index (χ2v) is 5.95. The topological polar surface area (TPSA) is 77.2 Å². The fourth-order valence-electron chi connectivity index (χ4n) is 2.22. The third kappa shape index (κ3) is 5.77. The molecule has 0 radical (unpaired) electrons. The van der Waals surface area contributed by atoms with Gasteiger partial charge in [-0.15, -0.1) is 0 Å². The standard InChI is InChI=1S/C18H25N3O3/c1-13(2)23-12-6-11-19-16(22)9-10-17-20-18(21-24-17)15-8-5-4-7-14(15)3/h4-5,7-8,13H,6,9-12H2,1-3H3,(H,19,22). The van der Waals surface area contributed by atoms with Crippen LogP contribution in [0.2, 0.25) is 0 Å². The van der Waals surface area contributed by atoms with Crippen LogP contribution >= 0.6 is 0 Å². The predicted octanol–water partition coefficient (Wildman–Crippen LogP) is 2.91. The molecule has 1 N–H and O–H groups in total. The minimum atomic E-state index is -0.0183. The third-order valence-electron chi connectivity index (χ3n) is 3.51. The van der Waals surface area contributed by atoms with E-state index in [9.17, 15) is 4.79 Å². The van der Waals surface area contributed by atoms with Crippen molar-refractivity contribution in [3.05, 3.63) is 35.7 Å². The van der Waals surface area contributed by atoms with Crippen molar-refractivity contribution in [3.63, 3.8) is 0 Å². The van der Waals surface area contributed by atoms with Crippen LogP contribution in [0.5, 0.6) is 0 Å². The number of carbonyl (C=O) groups is 1. The molecule has 0 saturated carbocycles. The second-order valence-electron chi connectivity index (χ2n) is 5.95. The van der Waals surface area contributed by atoms with Gasteiger partial charge in [0.05, 0.1) is 6.10 Å². The Balaban J connectivity index is 1.73. The Hall–Kier alpha value is -2.21. The summed E-state index contributed by atoms with van der Waals surface area (Å²) in [4.78, 5) is 16.2. The van der Waals surface area contributed by atoms with Crippen LogP contribution in [0, 0.1) is 6.92 Å². The van der Waals surface area contributed by atoms with Crippen LogP contribution in [0.4, 0.5) is 0 Å². The summed E-state index contributed by atoms with van der Waals surface area (Å²) in [6.45, 7) is 7.26. The molecular formula is C18H25N3O3. The normalized spacial score (nSPS) is 11.0. The van der Waals surface area contributed by atoms with Crippen molar-refractivity contribution in [2.75, 3.05) is 13.2 Å². The minimum Gasteiger partial charge on any atom is -0.379 e. The molecule has 1 aromatic carbocycles. The van der Waals surface area contributed by atoms with Gasteiger partial charge in [-0.3, -0.25) is 4.79 Å². The zero-order valence-electron chi connectivity index (χ0n) is 14.5. The van der Waals surface area contributed by atoms with Crippen LogP contribution in [0.25, 0.3) is 11.4 Å². The van der Waals surface area contributed by atoms with Crippen LogP contribution in [0.3, 0.4) is 0 Å². The quantitative estimate of drug-likeness (QED) is 0.715. The first-order valence-electron chi connectivity index (χ1n) is 8.33. The highest BCUT2D eigenvalue weighted by atomic mass is 16.5. The SMILES string of the molecule is Cc1ccccc1-c1noc(CCC(=O)NCCCOC(C)C)n1. The lowest BCUT2D eigenvalue weighted by Crippen LogP contribution is -2.25. The Labute approximate surface area is 142 Å². The monoisotopic (exact) mass is 331 g/mol. The average molecular weight is 331 g/mol. The average Bonchev–Trinajstić information content (AvgIpc) is 3.01. The van der Waals surface area contributed by atoms with Gasteiger partial charge in [-0.05, 0) is 32.8 Å². The van der Waals surface area contributed by atoms with Crippen molar-refractivity contribution in [2.45, 2.75) is 46.1 Å². The fraction of sp³-hybridized carbons (Fsp3) is 0.500. The number of hydrogen-bond donors (Lipinski definition) is 1. The number of nitrogens with one attached hydrogen (secondary N) is 1. The van der Waals surface area contributed by atoms with E-state index >= 15 is 0 Å².